The molecule has 0 aromatic carbocycles. The zero-order chi connectivity index (χ0) is 35.1. The number of amides is 3. The van der Waals surface area contributed by atoms with E-state index in [9.17, 15) is 58.8 Å². The first kappa shape index (κ1) is 38.7. The number of hydrogen-bond acceptors (Lipinski definition) is 12. The number of rotatable bonds is 17. The van der Waals surface area contributed by atoms with Crippen LogP contribution in [0.15, 0.2) is 12.2 Å². The molecule has 0 aromatic rings. The lowest BCUT2D eigenvalue weighted by molar-refractivity contribution is -0.146. The molecule has 47 heavy (non-hydrogen) atoms. The first-order valence-corrected chi connectivity index (χ1v) is 15.0. The molecule has 19 nitrogen and oxygen atoms in total. The van der Waals surface area contributed by atoms with Gasteiger partial charge in [-0.2, -0.15) is 0 Å². The van der Waals surface area contributed by atoms with Crippen molar-refractivity contribution in [1.29, 1.82) is 0 Å². The van der Waals surface area contributed by atoms with Gasteiger partial charge in [0.1, 0.15) is 12.1 Å². The van der Waals surface area contributed by atoms with Gasteiger partial charge in [-0.15, -0.1) is 0 Å². The first-order chi connectivity index (χ1) is 22.2. The minimum absolute atomic E-state index is 0.0119. The standard InChI is InChI=1S/C28H42N6O13/c35-21(29-7-8-34-22(36)4-5-23(34)37)3-1-19(27(44)45)32-13-9-30(17-25(40)41)11-15-33(20(28(46)47)2-6-24(38)39)16-12-31(10-14-32)18-26(42)43/h4-5,19-20H,1-3,6-18H2,(H,29,35)(H,38,39)(H,40,41)(H,42,43)(H,44,45)(H,46,47). The van der Waals surface area contributed by atoms with Gasteiger partial charge in [0.25, 0.3) is 11.8 Å². The van der Waals surface area contributed by atoms with E-state index in [0.29, 0.717) is 0 Å². The Morgan fingerprint density at radius 3 is 1.38 bits per heavy atom. The molecule has 2 atom stereocenters. The molecule has 3 amide bonds. The van der Waals surface area contributed by atoms with Crippen molar-refractivity contribution in [2.45, 2.75) is 37.8 Å². The van der Waals surface area contributed by atoms with Gasteiger partial charge in [0.15, 0.2) is 0 Å². The Labute approximate surface area is 270 Å². The van der Waals surface area contributed by atoms with Crippen LogP contribution in [0.4, 0.5) is 0 Å². The number of carbonyl (C=O) groups excluding carboxylic acids is 3. The highest BCUT2D eigenvalue weighted by molar-refractivity contribution is 6.12. The molecule has 2 heterocycles. The monoisotopic (exact) mass is 670 g/mol. The number of nitrogens with zero attached hydrogens (tertiary/aromatic N) is 5. The van der Waals surface area contributed by atoms with Crippen molar-refractivity contribution < 1.29 is 63.9 Å². The molecule has 19 heteroatoms. The van der Waals surface area contributed by atoms with Gasteiger partial charge >= 0.3 is 29.8 Å². The lowest BCUT2D eigenvalue weighted by atomic mass is 10.1. The summed E-state index contributed by atoms with van der Waals surface area (Å²) in [4.78, 5) is 102. The second-order valence-corrected chi connectivity index (χ2v) is 11.1. The van der Waals surface area contributed by atoms with E-state index >= 15 is 0 Å². The van der Waals surface area contributed by atoms with Crippen LogP contribution in [0.25, 0.3) is 0 Å². The molecule has 1 fully saturated rings. The molecule has 2 unspecified atom stereocenters. The van der Waals surface area contributed by atoms with Gasteiger partial charge in [0.05, 0.1) is 13.1 Å². The van der Waals surface area contributed by atoms with Crippen molar-refractivity contribution in [3.05, 3.63) is 12.2 Å². The topological polar surface area (TPSA) is 266 Å². The lowest BCUT2D eigenvalue weighted by Crippen LogP contribution is -2.53. The summed E-state index contributed by atoms with van der Waals surface area (Å²) in [7, 11) is 0. The third kappa shape index (κ3) is 13.8. The number of nitrogens with one attached hydrogen (secondary N) is 1. The third-order valence-corrected chi connectivity index (χ3v) is 7.82. The van der Waals surface area contributed by atoms with Crippen molar-refractivity contribution in [3.63, 3.8) is 0 Å². The molecule has 0 spiro atoms. The molecule has 0 aliphatic carbocycles. The van der Waals surface area contributed by atoms with Crippen LogP contribution >= 0.6 is 0 Å². The number of carboxylic acids is 5. The Morgan fingerprint density at radius 2 is 1.02 bits per heavy atom. The van der Waals surface area contributed by atoms with E-state index in [0.717, 1.165) is 17.1 Å². The van der Waals surface area contributed by atoms with Crippen molar-refractivity contribution in [2.75, 3.05) is 78.5 Å². The molecule has 2 rings (SSSR count). The maximum absolute atomic E-state index is 12.5. The summed E-state index contributed by atoms with van der Waals surface area (Å²) in [6.45, 7) is -0.800. The van der Waals surface area contributed by atoms with Crippen molar-refractivity contribution in [1.82, 2.24) is 29.8 Å². The zero-order valence-electron chi connectivity index (χ0n) is 25.9. The molecule has 6 N–H and O–H groups in total. The molecule has 2 aliphatic heterocycles. The summed E-state index contributed by atoms with van der Waals surface area (Å²) in [5.74, 6) is -7.61. The fraction of sp³-hybridized carbons (Fsp3) is 0.643. The van der Waals surface area contributed by atoms with E-state index < -0.39 is 79.2 Å². The van der Waals surface area contributed by atoms with Gasteiger partial charge in [-0.25, -0.2) is 0 Å². The van der Waals surface area contributed by atoms with Crippen LogP contribution in [0.2, 0.25) is 0 Å². The average molecular weight is 671 g/mol. The Balaban J connectivity index is 2.18. The van der Waals surface area contributed by atoms with Crippen molar-refractivity contribution >= 4 is 47.6 Å². The largest absolute Gasteiger partial charge is 0.481 e. The lowest BCUT2D eigenvalue weighted by Gasteiger charge is -2.36. The smallest absolute Gasteiger partial charge is 0.320 e. The second-order valence-electron chi connectivity index (χ2n) is 11.1. The van der Waals surface area contributed by atoms with Gasteiger partial charge in [-0.3, -0.25) is 62.9 Å². The Morgan fingerprint density at radius 1 is 0.617 bits per heavy atom. The van der Waals surface area contributed by atoms with Gasteiger partial charge < -0.3 is 30.8 Å². The Bertz CT molecular complexity index is 1160. The highest BCUT2D eigenvalue weighted by atomic mass is 16.4. The van der Waals surface area contributed by atoms with Gasteiger partial charge in [0.2, 0.25) is 5.91 Å². The predicted octanol–water partition coefficient (Wildman–Crippen LogP) is -3.03. The number of carbonyl (C=O) groups is 8. The van der Waals surface area contributed by atoms with E-state index in [1.165, 1.54) is 19.6 Å². The summed E-state index contributed by atoms with van der Waals surface area (Å²) in [5.41, 5.74) is 0. The maximum Gasteiger partial charge on any atom is 0.320 e. The van der Waals surface area contributed by atoms with E-state index in [1.807, 2.05) is 0 Å². The fourth-order valence-electron chi connectivity index (χ4n) is 5.35. The first-order valence-electron chi connectivity index (χ1n) is 15.0. The minimum Gasteiger partial charge on any atom is -0.481 e. The van der Waals surface area contributed by atoms with E-state index in [-0.39, 0.29) is 84.7 Å². The van der Waals surface area contributed by atoms with Crippen LogP contribution in [-0.2, 0) is 38.4 Å². The molecule has 0 radical (unpaired) electrons. The Hall–Kier alpha value is -4.46. The van der Waals surface area contributed by atoms with Crippen LogP contribution in [0.1, 0.15) is 25.7 Å². The summed E-state index contributed by atoms with van der Waals surface area (Å²) in [6.07, 6.45) is 1.19. The van der Waals surface area contributed by atoms with Crippen LogP contribution in [0, 0.1) is 0 Å². The number of hydrogen-bond donors (Lipinski definition) is 6. The second kappa shape index (κ2) is 19.3. The predicted molar refractivity (Wildman–Crippen MR) is 159 cm³/mol. The maximum atomic E-state index is 12.5. The van der Waals surface area contributed by atoms with Gasteiger partial charge in [0, 0.05) is 90.4 Å². The van der Waals surface area contributed by atoms with Crippen LogP contribution in [-0.4, -0.2) is 188 Å². The number of carboxylic acid groups (broad SMARTS) is 5. The van der Waals surface area contributed by atoms with Crippen LogP contribution < -0.4 is 5.32 Å². The summed E-state index contributed by atoms with van der Waals surface area (Å²) < 4.78 is 0. The van der Waals surface area contributed by atoms with Crippen molar-refractivity contribution in [2.24, 2.45) is 0 Å². The fourth-order valence-corrected chi connectivity index (χ4v) is 5.35. The third-order valence-electron chi connectivity index (χ3n) is 7.82. The molecule has 0 saturated carbocycles. The molecule has 0 aromatic heterocycles. The molecular formula is C28H42N6O13. The van der Waals surface area contributed by atoms with Crippen molar-refractivity contribution in [3.8, 4) is 0 Å². The summed E-state index contributed by atoms with van der Waals surface area (Å²) >= 11 is 0. The van der Waals surface area contributed by atoms with E-state index in [4.69, 9.17) is 5.11 Å². The highest BCUT2D eigenvalue weighted by Crippen LogP contribution is 2.13. The van der Waals surface area contributed by atoms with E-state index in [1.54, 1.807) is 0 Å². The summed E-state index contributed by atoms with van der Waals surface area (Å²) in [5, 5.41) is 50.5. The molecule has 2 aliphatic rings. The SMILES string of the molecule is O=C(O)CCC(C(=O)O)N1CCN(CC(=O)O)CCN(C(CCC(=O)NCCN2C(=O)C=CC2=O)C(=O)O)CCN(CC(=O)O)CC1. The van der Waals surface area contributed by atoms with Crippen LogP contribution in [0.3, 0.4) is 0 Å². The number of aliphatic carboxylic acids is 5. The highest BCUT2D eigenvalue weighted by Gasteiger charge is 2.31. The van der Waals surface area contributed by atoms with Gasteiger partial charge in [-0.1, -0.05) is 0 Å². The molecule has 0 bridgehead atoms. The molecule has 1 saturated heterocycles. The van der Waals surface area contributed by atoms with Crippen LogP contribution in [0.5, 0.6) is 0 Å². The zero-order valence-corrected chi connectivity index (χ0v) is 25.9. The quantitative estimate of drug-likeness (QED) is 0.0840. The number of imide groups is 1. The van der Waals surface area contributed by atoms with E-state index in [2.05, 4.69) is 5.32 Å². The molecule has 262 valence electrons. The Kier molecular flexibility index (Phi) is 15.9. The summed E-state index contributed by atoms with van der Waals surface area (Å²) in [6, 6.07) is -2.43. The molecular weight excluding hydrogens is 628 g/mol. The normalized spacial score (nSPS) is 19.0. The minimum atomic E-state index is -1.28. The van der Waals surface area contributed by atoms with Gasteiger partial charge in [-0.05, 0) is 12.8 Å². The average Bonchev–Trinajstić information content (AvgIpc) is 3.29.